The summed E-state index contributed by atoms with van der Waals surface area (Å²) in [7, 11) is 0. The van der Waals surface area contributed by atoms with Gasteiger partial charge in [-0.25, -0.2) is 0 Å². The number of rotatable bonds is 2. The number of amides is 1. The zero-order valence-corrected chi connectivity index (χ0v) is 12.7. The number of para-hydroxylation sites is 1. The van der Waals surface area contributed by atoms with Crippen LogP contribution in [0.25, 0.3) is 11.0 Å². The fourth-order valence-corrected chi connectivity index (χ4v) is 3.22. The number of carbonyl (C=O) groups excluding carboxylic acids is 1. The number of carbonyl (C=O) groups is 2. The Morgan fingerprint density at radius 1 is 1.36 bits per heavy atom. The highest BCUT2D eigenvalue weighted by atomic mass is 16.4. The van der Waals surface area contributed by atoms with Crippen molar-refractivity contribution < 1.29 is 19.1 Å². The molecule has 1 aromatic carbocycles. The summed E-state index contributed by atoms with van der Waals surface area (Å²) in [4.78, 5) is 25.6. The fourth-order valence-electron chi connectivity index (χ4n) is 3.22. The Labute approximate surface area is 128 Å². The Morgan fingerprint density at radius 3 is 2.82 bits per heavy atom. The van der Waals surface area contributed by atoms with Gasteiger partial charge >= 0.3 is 5.97 Å². The van der Waals surface area contributed by atoms with Crippen molar-refractivity contribution in [3.05, 3.63) is 35.6 Å². The van der Waals surface area contributed by atoms with E-state index in [2.05, 4.69) is 0 Å². The lowest BCUT2D eigenvalue weighted by Crippen LogP contribution is -2.49. The van der Waals surface area contributed by atoms with Gasteiger partial charge in [-0.2, -0.15) is 0 Å². The molecule has 0 unspecified atom stereocenters. The van der Waals surface area contributed by atoms with E-state index in [1.807, 2.05) is 25.1 Å². The Morgan fingerprint density at radius 2 is 2.14 bits per heavy atom. The monoisotopic (exact) mass is 301 g/mol. The average Bonchev–Trinajstić information content (AvgIpc) is 2.92. The van der Waals surface area contributed by atoms with E-state index in [0.717, 1.165) is 10.9 Å². The number of carboxylic acid groups (broad SMARTS) is 1. The zero-order chi connectivity index (χ0) is 15.9. The molecule has 1 aliphatic rings. The van der Waals surface area contributed by atoms with Crippen LogP contribution in [0.5, 0.6) is 0 Å². The maximum atomic E-state index is 12.7. The van der Waals surface area contributed by atoms with Gasteiger partial charge in [0.05, 0.1) is 5.92 Å². The standard InChI is InChI=1S/C17H19NO4/c1-10-5-3-6-12-9-14(22-15(10)12)16(19)18-8-4-7-13(11(18)2)17(20)21/h3,5-6,9,11,13H,4,7-8H2,1-2H3,(H,20,21)/t11-,13-/m1/s1. The average molecular weight is 301 g/mol. The molecular weight excluding hydrogens is 282 g/mol. The Balaban J connectivity index is 1.91. The van der Waals surface area contributed by atoms with Gasteiger partial charge in [-0.15, -0.1) is 0 Å². The Bertz CT molecular complexity index is 733. The molecule has 1 amide bonds. The van der Waals surface area contributed by atoms with Gasteiger partial charge in [0.1, 0.15) is 5.58 Å². The van der Waals surface area contributed by atoms with Crippen molar-refractivity contribution in [1.29, 1.82) is 0 Å². The quantitative estimate of drug-likeness (QED) is 0.925. The predicted octanol–water partition coefficient (Wildman–Crippen LogP) is 3.07. The van der Waals surface area contributed by atoms with Gasteiger partial charge < -0.3 is 14.4 Å². The second-order valence-corrected chi connectivity index (χ2v) is 5.93. The number of likely N-dealkylation sites (tertiary alicyclic amines) is 1. The topological polar surface area (TPSA) is 70.8 Å². The molecule has 1 aliphatic heterocycles. The number of furan rings is 1. The van der Waals surface area contributed by atoms with Crippen LogP contribution in [-0.4, -0.2) is 34.5 Å². The van der Waals surface area contributed by atoms with Crippen LogP contribution >= 0.6 is 0 Å². The number of fused-ring (bicyclic) bond motifs is 1. The fraction of sp³-hybridized carbons (Fsp3) is 0.412. The smallest absolute Gasteiger partial charge is 0.308 e. The Hall–Kier alpha value is -2.30. The van der Waals surface area contributed by atoms with Crippen LogP contribution in [0.15, 0.2) is 28.7 Å². The largest absolute Gasteiger partial charge is 0.481 e. The second-order valence-electron chi connectivity index (χ2n) is 5.93. The minimum atomic E-state index is -0.842. The predicted molar refractivity (Wildman–Crippen MR) is 81.8 cm³/mol. The first kappa shape index (κ1) is 14.6. The Kier molecular flexibility index (Phi) is 3.64. The summed E-state index contributed by atoms with van der Waals surface area (Å²) in [6.07, 6.45) is 1.31. The molecule has 0 aliphatic carbocycles. The molecule has 1 aromatic heterocycles. The van der Waals surface area contributed by atoms with Crippen molar-refractivity contribution in [2.45, 2.75) is 32.7 Å². The number of benzene rings is 1. The molecule has 2 atom stereocenters. The van der Waals surface area contributed by atoms with E-state index in [1.54, 1.807) is 17.9 Å². The highest BCUT2D eigenvalue weighted by Crippen LogP contribution is 2.28. The van der Waals surface area contributed by atoms with Gasteiger partial charge in [-0.3, -0.25) is 9.59 Å². The molecule has 2 aromatic rings. The van der Waals surface area contributed by atoms with E-state index in [-0.39, 0.29) is 17.7 Å². The molecule has 1 fully saturated rings. The third-order valence-electron chi connectivity index (χ3n) is 4.52. The highest BCUT2D eigenvalue weighted by molar-refractivity contribution is 5.97. The van der Waals surface area contributed by atoms with E-state index in [4.69, 9.17) is 4.42 Å². The van der Waals surface area contributed by atoms with Gasteiger partial charge in [0.15, 0.2) is 5.76 Å². The third-order valence-corrected chi connectivity index (χ3v) is 4.52. The van der Waals surface area contributed by atoms with Crippen LogP contribution in [0.3, 0.4) is 0 Å². The van der Waals surface area contributed by atoms with Crippen molar-refractivity contribution in [2.24, 2.45) is 5.92 Å². The molecule has 0 radical (unpaired) electrons. The lowest BCUT2D eigenvalue weighted by Gasteiger charge is -2.36. The first-order chi connectivity index (χ1) is 10.5. The maximum Gasteiger partial charge on any atom is 0.308 e. The van der Waals surface area contributed by atoms with Crippen molar-refractivity contribution in [2.75, 3.05) is 6.54 Å². The summed E-state index contributed by atoms with van der Waals surface area (Å²) in [6.45, 7) is 4.30. The van der Waals surface area contributed by atoms with Gasteiger partial charge in [0.2, 0.25) is 0 Å². The lowest BCUT2D eigenvalue weighted by molar-refractivity contribution is -0.145. The normalized spacial score (nSPS) is 22.0. The number of aryl methyl sites for hydroxylation is 1. The van der Waals surface area contributed by atoms with Gasteiger partial charge in [-0.05, 0) is 38.3 Å². The SMILES string of the molecule is Cc1cccc2cc(C(=O)N3CCC[C@@H](C(=O)O)[C@H]3C)oc12. The molecule has 3 rings (SSSR count). The molecule has 22 heavy (non-hydrogen) atoms. The molecule has 2 heterocycles. The number of hydrogen-bond donors (Lipinski definition) is 1. The minimum absolute atomic E-state index is 0.228. The van der Waals surface area contributed by atoms with Gasteiger partial charge in [0.25, 0.3) is 5.91 Å². The number of piperidine rings is 1. The molecule has 0 spiro atoms. The van der Waals surface area contributed by atoms with Gasteiger partial charge in [-0.1, -0.05) is 18.2 Å². The summed E-state index contributed by atoms with van der Waals surface area (Å²) < 4.78 is 5.72. The van der Waals surface area contributed by atoms with Crippen LogP contribution in [0.4, 0.5) is 0 Å². The van der Waals surface area contributed by atoms with Crippen molar-refractivity contribution >= 4 is 22.8 Å². The van der Waals surface area contributed by atoms with Crippen molar-refractivity contribution in [3.8, 4) is 0 Å². The molecule has 1 saturated heterocycles. The van der Waals surface area contributed by atoms with E-state index < -0.39 is 11.9 Å². The molecule has 0 saturated carbocycles. The van der Waals surface area contributed by atoms with Crippen LogP contribution in [0.2, 0.25) is 0 Å². The van der Waals surface area contributed by atoms with E-state index in [1.165, 1.54) is 0 Å². The number of aliphatic carboxylic acids is 1. The summed E-state index contributed by atoms with van der Waals surface area (Å²) in [5.74, 6) is -1.30. The van der Waals surface area contributed by atoms with Gasteiger partial charge in [0, 0.05) is 18.0 Å². The highest BCUT2D eigenvalue weighted by Gasteiger charge is 2.36. The molecule has 0 bridgehead atoms. The molecule has 5 nitrogen and oxygen atoms in total. The first-order valence-corrected chi connectivity index (χ1v) is 7.52. The van der Waals surface area contributed by atoms with E-state index in [0.29, 0.717) is 25.0 Å². The first-order valence-electron chi connectivity index (χ1n) is 7.52. The third kappa shape index (κ3) is 2.36. The maximum absolute atomic E-state index is 12.7. The summed E-state index contributed by atoms with van der Waals surface area (Å²) >= 11 is 0. The van der Waals surface area contributed by atoms with Crippen LogP contribution < -0.4 is 0 Å². The molecule has 5 heteroatoms. The minimum Gasteiger partial charge on any atom is -0.481 e. The van der Waals surface area contributed by atoms with Crippen molar-refractivity contribution in [1.82, 2.24) is 4.90 Å². The summed E-state index contributed by atoms with van der Waals surface area (Å²) in [5, 5.41) is 10.2. The molecule has 1 N–H and O–H groups in total. The van der Waals surface area contributed by atoms with E-state index >= 15 is 0 Å². The lowest BCUT2D eigenvalue weighted by atomic mass is 9.90. The zero-order valence-electron chi connectivity index (χ0n) is 12.7. The van der Waals surface area contributed by atoms with Crippen LogP contribution in [-0.2, 0) is 4.79 Å². The number of hydrogen-bond acceptors (Lipinski definition) is 3. The number of nitrogens with zero attached hydrogens (tertiary/aromatic N) is 1. The summed E-state index contributed by atoms with van der Waals surface area (Å²) in [5.41, 5.74) is 1.69. The van der Waals surface area contributed by atoms with Crippen LogP contribution in [0.1, 0.15) is 35.9 Å². The summed E-state index contributed by atoms with van der Waals surface area (Å²) in [6, 6.07) is 7.17. The molecule has 116 valence electrons. The van der Waals surface area contributed by atoms with Crippen LogP contribution in [0, 0.1) is 12.8 Å². The molecular formula is C17H19NO4. The number of carboxylic acids is 1. The van der Waals surface area contributed by atoms with E-state index in [9.17, 15) is 14.7 Å². The second kappa shape index (κ2) is 5.48. The van der Waals surface area contributed by atoms with Crippen molar-refractivity contribution in [3.63, 3.8) is 0 Å².